The first-order valence-corrected chi connectivity index (χ1v) is 12.7. The van der Waals surface area contributed by atoms with Crippen LogP contribution in [-0.4, -0.2) is 86.3 Å². The molecule has 13 heteroatoms. The molecular weight excluding hydrogens is 490 g/mol. The number of aliphatic carboxylic acids is 1. The molecule has 4 heterocycles. The third-order valence-electron chi connectivity index (χ3n) is 6.71. The number of ether oxygens (including phenoxy) is 1. The van der Waals surface area contributed by atoms with Gasteiger partial charge >= 0.3 is 12.1 Å². The Morgan fingerprint density at radius 3 is 2.71 bits per heavy atom. The number of carboxylic acid groups (broad SMARTS) is 1. The molecule has 4 N–H and O–H groups in total. The summed E-state index contributed by atoms with van der Waals surface area (Å²) in [5, 5.41) is 18.8. The van der Waals surface area contributed by atoms with Gasteiger partial charge in [0.2, 0.25) is 0 Å². The third kappa shape index (κ3) is 6.10. The third-order valence-corrected chi connectivity index (χ3v) is 6.71. The van der Waals surface area contributed by atoms with E-state index in [0.29, 0.717) is 22.9 Å². The SMILES string of the molecule is O=C(N[C@H](Cn1cnc2c(NCC3CCN(C4=NCCN4)CC3)ncnc21)C(=O)O)OCc1ccccc1. The zero-order chi connectivity index (χ0) is 26.3. The van der Waals surface area contributed by atoms with Crippen molar-refractivity contribution < 1.29 is 19.4 Å². The largest absolute Gasteiger partial charge is 0.480 e. The van der Waals surface area contributed by atoms with E-state index in [-0.39, 0.29) is 13.2 Å². The number of aliphatic imine (C=N–C) groups is 1. The minimum absolute atomic E-state index is 0.0416. The molecule has 1 atom stereocenters. The van der Waals surface area contributed by atoms with Gasteiger partial charge in [0.05, 0.1) is 19.4 Å². The van der Waals surface area contributed by atoms with Crippen LogP contribution in [0.2, 0.25) is 0 Å². The van der Waals surface area contributed by atoms with E-state index in [9.17, 15) is 14.7 Å². The molecule has 2 aliphatic rings. The first-order chi connectivity index (χ1) is 18.6. The molecule has 0 saturated carbocycles. The van der Waals surface area contributed by atoms with E-state index in [2.05, 4.69) is 40.8 Å². The predicted octanol–water partition coefficient (Wildman–Crippen LogP) is 1.29. The van der Waals surface area contributed by atoms with Gasteiger partial charge in [-0.05, 0) is 24.3 Å². The fraction of sp³-hybridized carbons (Fsp3) is 0.440. The second kappa shape index (κ2) is 11.8. The van der Waals surface area contributed by atoms with E-state index in [0.717, 1.165) is 57.1 Å². The van der Waals surface area contributed by atoms with Crippen LogP contribution in [0, 0.1) is 5.92 Å². The molecule has 1 amide bonds. The minimum Gasteiger partial charge on any atom is -0.480 e. The zero-order valence-corrected chi connectivity index (χ0v) is 20.9. The van der Waals surface area contributed by atoms with Crippen LogP contribution >= 0.6 is 0 Å². The molecule has 1 saturated heterocycles. The average Bonchev–Trinajstić information content (AvgIpc) is 3.62. The Bertz CT molecular complexity index is 1290. The zero-order valence-electron chi connectivity index (χ0n) is 20.9. The normalized spacial score (nSPS) is 16.5. The van der Waals surface area contributed by atoms with Crippen LogP contribution in [-0.2, 0) is 22.7 Å². The molecule has 0 bridgehead atoms. The Morgan fingerprint density at radius 2 is 1.97 bits per heavy atom. The number of hydrogen-bond donors (Lipinski definition) is 4. The molecule has 3 aromatic rings. The Morgan fingerprint density at radius 1 is 1.16 bits per heavy atom. The highest BCUT2D eigenvalue weighted by molar-refractivity contribution is 5.84. The maximum Gasteiger partial charge on any atom is 0.408 e. The van der Waals surface area contributed by atoms with E-state index in [1.165, 1.54) is 12.7 Å². The summed E-state index contributed by atoms with van der Waals surface area (Å²) >= 11 is 0. The molecule has 2 aliphatic heterocycles. The molecule has 2 aromatic heterocycles. The van der Waals surface area contributed by atoms with Gasteiger partial charge in [-0.3, -0.25) is 4.99 Å². The number of aromatic nitrogens is 4. The van der Waals surface area contributed by atoms with Crippen molar-refractivity contribution in [3.05, 3.63) is 48.5 Å². The van der Waals surface area contributed by atoms with E-state index in [1.54, 1.807) is 4.57 Å². The van der Waals surface area contributed by atoms with Crippen molar-refractivity contribution in [1.29, 1.82) is 0 Å². The summed E-state index contributed by atoms with van der Waals surface area (Å²) in [6.07, 6.45) is 4.20. The van der Waals surface area contributed by atoms with Gasteiger partial charge in [0.15, 0.2) is 17.4 Å². The molecular formula is C25H31N9O4. The predicted molar refractivity (Wildman–Crippen MR) is 140 cm³/mol. The number of anilines is 1. The summed E-state index contributed by atoms with van der Waals surface area (Å²) in [7, 11) is 0. The molecule has 38 heavy (non-hydrogen) atoms. The van der Waals surface area contributed by atoms with Crippen molar-refractivity contribution in [2.75, 3.05) is 38.0 Å². The number of alkyl carbamates (subject to hydrolysis) is 1. The summed E-state index contributed by atoms with van der Waals surface area (Å²) in [6.45, 7) is 4.40. The first kappa shape index (κ1) is 25.2. The van der Waals surface area contributed by atoms with Gasteiger partial charge in [0.1, 0.15) is 24.5 Å². The van der Waals surface area contributed by atoms with Crippen molar-refractivity contribution in [3.63, 3.8) is 0 Å². The number of carbonyl (C=O) groups is 2. The number of benzene rings is 1. The van der Waals surface area contributed by atoms with Crippen molar-refractivity contribution in [1.82, 2.24) is 35.1 Å². The number of rotatable bonds is 9. The van der Waals surface area contributed by atoms with Crippen LogP contribution in [0.4, 0.5) is 10.6 Å². The highest BCUT2D eigenvalue weighted by Gasteiger charge is 2.25. The monoisotopic (exact) mass is 521 g/mol. The standard InChI is InChI=1S/C25H31N9O4/c35-23(36)19(32-25(37)38-14-18-4-2-1-3-5-18)13-34-16-31-20-21(29-15-30-22(20)34)28-12-17-6-10-33(11-7-17)24-26-8-9-27-24/h1-5,15-17,19H,6-14H2,(H,26,27)(H,32,37)(H,35,36)(H,28,29,30)/t19-/m1/s1. The Kier molecular flexibility index (Phi) is 7.81. The highest BCUT2D eigenvalue weighted by atomic mass is 16.5. The van der Waals surface area contributed by atoms with Crippen LogP contribution in [0.1, 0.15) is 18.4 Å². The number of nitrogens with zero attached hydrogens (tertiary/aromatic N) is 6. The molecule has 13 nitrogen and oxygen atoms in total. The van der Waals surface area contributed by atoms with E-state index in [4.69, 9.17) is 4.74 Å². The molecule has 0 unspecified atom stereocenters. The first-order valence-electron chi connectivity index (χ1n) is 12.7. The van der Waals surface area contributed by atoms with Crippen LogP contribution in [0.3, 0.4) is 0 Å². The van der Waals surface area contributed by atoms with Gasteiger partial charge < -0.3 is 35.3 Å². The molecule has 1 fully saturated rings. The molecule has 0 aliphatic carbocycles. The summed E-state index contributed by atoms with van der Waals surface area (Å²) in [5.74, 6) is 0.905. The van der Waals surface area contributed by atoms with Crippen molar-refractivity contribution in [2.45, 2.75) is 32.0 Å². The molecule has 5 rings (SSSR count). The number of imidazole rings is 1. The number of carbonyl (C=O) groups excluding carboxylic acids is 1. The lowest BCUT2D eigenvalue weighted by Crippen LogP contribution is -2.44. The average molecular weight is 522 g/mol. The Hall–Kier alpha value is -4.42. The molecule has 0 radical (unpaired) electrons. The second-order valence-electron chi connectivity index (χ2n) is 9.33. The minimum atomic E-state index is -1.23. The van der Waals surface area contributed by atoms with E-state index in [1.807, 2.05) is 30.3 Å². The van der Waals surface area contributed by atoms with Gasteiger partial charge in [0.25, 0.3) is 0 Å². The maximum atomic E-state index is 12.2. The Balaban J connectivity index is 1.17. The molecule has 1 aromatic carbocycles. The van der Waals surface area contributed by atoms with Crippen molar-refractivity contribution in [3.8, 4) is 0 Å². The lowest BCUT2D eigenvalue weighted by molar-refractivity contribution is -0.139. The van der Waals surface area contributed by atoms with E-state index < -0.39 is 18.1 Å². The van der Waals surface area contributed by atoms with E-state index >= 15 is 0 Å². The lowest BCUT2D eigenvalue weighted by Gasteiger charge is -2.33. The van der Waals surface area contributed by atoms with Gasteiger partial charge in [-0.15, -0.1) is 0 Å². The van der Waals surface area contributed by atoms with Gasteiger partial charge in [-0.25, -0.2) is 24.5 Å². The summed E-state index contributed by atoms with van der Waals surface area (Å²) in [5.41, 5.74) is 1.83. The second-order valence-corrected chi connectivity index (χ2v) is 9.33. The number of nitrogens with one attached hydrogen (secondary N) is 3. The van der Waals surface area contributed by atoms with Gasteiger partial charge in [0, 0.05) is 26.2 Å². The topological polar surface area (TPSA) is 159 Å². The van der Waals surface area contributed by atoms with Crippen LogP contribution in [0.15, 0.2) is 48.0 Å². The molecule has 0 spiro atoms. The summed E-state index contributed by atoms with van der Waals surface area (Å²) in [6, 6.07) is 7.93. The lowest BCUT2D eigenvalue weighted by atomic mass is 9.97. The number of hydrogen-bond acceptors (Lipinski definition) is 10. The van der Waals surface area contributed by atoms with Crippen molar-refractivity contribution >= 4 is 35.0 Å². The Labute approximate surface area is 219 Å². The van der Waals surface area contributed by atoms with Crippen molar-refractivity contribution in [2.24, 2.45) is 10.9 Å². The fourth-order valence-corrected chi connectivity index (χ4v) is 4.62. The smallest absolute Gasteiger partial charge is 0.408 e. The summed E-state index contributed by atoms with van der Waals surface area (Å²) < 4.78 is 6.76. The summed E-state index contributed by atoms with van der Waals surface area (Å²) in [4.78, 5) is 44.0. The maximum absolute atomic E-state index is 12.2. The number of piperidine rings is 1. The number of fused-ring (bicyclic) bond motifs is 1. The number of guanidine groups is 1. The van der Waals surface area contributed by atoms with Gasteiger partial charge in [-0.1, -0.05) is 30.3 Å². The number of amides is 1. The fourth-order valence-electron chi connectivity index (χ4n) is 4.62. The highest BCUT2D eigenvalue weighted by Crippen LogP contribution is 2.21. The van der Waals surface area contributed by atoms with Gasteiger partial charge in [-0.2, -0.15) is 0 Å². The quantitative estimate of drug-likeness (QED) is 0.323. The van der Waals surface area contributed by atoms with Crippen LogP contribution < -0.4 is 16.0 Å². The van der Waals surface area contributed by atoms with Crippen LogP contribution in [0.5, 0.6) is 0 Å². The molecule has 200 valence electrons. The van der Waals surface area contributed by atoms with Crippen LogP contribution in [0.25, 0.3) is 11.2 Å². The number of likely N-dealkylation sites (tertiary alicyclic amines) is 1. The number of carboxylic acids is 1.